The normalized spacial score (nSPS) is 15.7. The number of hydrogen-bond donors (Lipinski definition) is 0. The quantitative estimate of drug-likeness (QED) is 0.763. The Kier molecular flexibility index (Phi) is 3.81. The Hall–Kier alpha value is -1.70. The number of benzene rings is 1. The van der Waals surface area contributed by atoms with Crippen LogP contribution in [0.5, 0.6) is 5.75 Å². The zero-order valence-corrected chi connectivity index (χ0v) is 12.4. The van der Waals surface area contributed by atoms with Gasteiger partial charge < -0.3 is 9.30 Å². The van der Waals surface area contributed by atoms with Gasteiger partial charge in [-0.15, -0.1) is 0 Å². The summed E-state index contributed by atoms with van der Waals surface area (Å²) in [4.78, 5) is 0. The van der Waals surface area contributed by atoms with Crippen molar-refractivity contribution in [2.24, 2.45) is 0 Å². The molecule has 1 aliphatic rings. The van der Waals surface area contributed by atoms with Crippen LogP contribution >= 0.6 is 0 Å². The summed E-state index contributed by atoms with van der Waals surface area (Å²) in [5.74, 6) is 0.993. The van der Waals surface area contributed by atoms with Crippen molar-refractivity contribution in [3.63, 3.8) is 0 Å². The van der Waals surface area contributed by atoms with Crippen LogP contribution in [0.2, 0.25) is 0 Å². The van der Waals surface area contributed by atoms with E-state index in [1.54, 1.807) is 0 Å². The van der Waals surface area contributed by atoms with Gasteiger partial charge in [0.15, 0.2) is 0 Å². The van der Waals surface area contributed by atoms with Gasteiger partial charge in [-0.2, -0.15) is 0 Å². The third-order valence-corrected chi connectivity index (χ3v) is 4.27. The second-order valence-corrected chi connectivity index (χ2v) is 5.60. The summed E-state index contributed by atoms with van der Waals surface area (Å²) in [6, 6.07) is 13.5. The van der Waals surface area contributed by atoms with Crippen molar-refractivity contribution in [1.29, 1.82) is 0 Å². The molecular weight excluding hydrogens is 246 g/mol. The molecule has 1 aromatic carbocycles. The fraction of sp³-hybridized carbons (Fsp3) is 0.444. The SMILES string of the molecule is CCOc1ccccc1-c1ccc(C)n1C1CCCC1. The molecular formula is C18H23NO. The van der Waals surface area contributed by atoms with Gasteiger partial charge >= 0.3 is 0 Å². The lowest BCUT2D eigenvalue weighted by molar-refractivity contribution is 0.341. The van der Waals surface area contributed by atoms with Gasteiger partial charge in [0.2, 0.25) is 0 Å². The van der Waals surface area contributed by atoms with Gasteiger partial charge in [-0.25, -0.2) is 0 Å². The van der Waals surface area contributed by atoms with Crippen molar-refractivity contribution in [2.75, 3.05) is 6.61 Å². The lowest BCUT2D eigenvalue weighted by atomic mass is 10.1. The van der Waals surface area contributed by atoms with E-state index in [4.69, 9.17) is 4.74 Å². The average Bonchev–Trinajstić information content (AvgIpc) is 3.09. The predicted octanol–water partition coefficient (Wildman–Crippen LogP) is 4.98. The van der Waals surface area contributed by atoms with Crippen LogP contribution in [0.4, 0.5) is 0 Å². The van der Waals surface area contributed by atoms with Crippen molar-refractivity contribution >= 4 is 0 Å². The van der Waals surface area contributed by atoms with E-state index in [2.05, 4.69) is 41.8 Å². The zero-order valence-electron chi connectivity index (χ0n) is 12.4. The van der Waals surface area contributed by atoms with Crippen molar-refractivity contribution < 1.29 is 4.74 Å². The molecule has 0 amide bonds. The van der Waals surface area contributed by atoms with Gasteiger partial charge in [0.1, 0.15) is 5.75 Å². The number of aryl methyl sites for hydroxylation is 1. The summed E-state index contributed by atoms with van der Waals surface area (Å²) in [6.07, 6.45) is 5.32. The summed E-state index contributed by atoms with van der Waals surface area (Å²) in [7, 11) is 0. The highest BCUT2D eigenvalue weighted by Gasteiger charge is 2.22. The predicted molar refractivity (Wildman–Crippen MR) is 83.3 cm³/mol. The minimum atomic E-state index is 0.662. The van der Waals surface area contributed by atoms with E-state index < -0.39 is 0 Å². The molecule has 1 fully saturated rings. The highest BCUT2D eigenvalue weighted by atomic mass is 16.5. The zero-order chi connectivity index (χ0) is 13.9. The fourth-order valence-electron chi connectivity index (χ4n) is 3.38. The molecule has 0 bridgehead atoms. The Labute approximate surface area is 121 Å². The minimum Gasteiger partial charge on any atom is -0.493 e. The standard InChI is InChI=1S/C18H23NO/c1-3-20-18-11-7-6-10-16(18)17-13-12-14(2)19(17)15-8-4-5-9-15/h6-7,10-13,15H,3-5,8-9H2,1-2H3. The Balaban J connectivity index is 2.06. The minimum absolute atomic E-state index is 0.662. The van der Waals surface area contributed by atoms with Crippen molar-refractivity contribution in [2.45, 2.75) is 45.6 Å². The summed E-state index contributed by atoms with van der Waals surface area (Å²) in [5.41, 5.74) is 3.88. The van der Waals surface area contributed by atoms with E-state index >= 15 is 0 Å². The smallest absolute Gasteiger partial charge is 0.128 e. The summed E-state index contributed by atoms with van der Waals surface area (Å²) in [6.45, 7) is 4.96. The Bertz CT molecular complexity index is 579. The molecule has 0 saturated heterocycles. The first-order chi connectivity index (χ1) is 9.81. The molecule has 0 atom stereocenters. The molecule has 2 nitrogen and oxygen atoms in total. The molecule has 3 rings (SSSR count). The van der Waals surface area contributed by atoms with Crippen molar-refractivity contribution in [1.82, 2.24) is 4.57 Å². The first-order valence-corrected chi connectivity index (χ1v) is 7.71. The lowest BCUT2D eigenvalue weighted by Crippen LogP contribution is -2.08. The molecule has 2 aromatic rings. The van der Waals surface area contributed by atoms with Crippen LogP contribution in [0.3, 0.4) is 0 Å². The number of nitrogens with zero attached hydrogens (tertiary/aromatic N) is 1. The average molecular weight is 269 g/mol. The van der Waals surface area contributed by atoms with Crippen LogP contribution in [0.15, 0.2) is 36.4 Å². The molecule has 1 heterocycles. The Morgan fingerprint density at radius 2 is 1.85 bits per heavy atom. The third-order valence-electron chi connectivity index (χ3n) is 4.27. The van der Waals surface area contributed by atoms with Crippen molar-refractivity contribution in [3.05, 3.63) is 42.1 Å². The monoisotopic (exact) mass is 269 g/mol. The first kappa shape index (κ1) is 13.3. The molecule has 0 unspecified atom stereocenters. The molecule has 0 radical (unpaired) electrons. The van der Waals surface area contributed by atoms with Gasteiger partial charge in [-0.3, -0.25) is 0 Å². The molecule has 20 heavy (non-hydrogen) atoms. The first-order valence-electron chi connectivity index (χ1n) is 7.71. The van der Waals surface area contributed by atoms with Crippen LogP contribution in [-0.4, -0.2) is 11.2 Å². The molecule has 0 spiro atoms. The number of ether oxygens (including phenoxy) is 1. The van der Waals surface area contributed by atoms with Gasteiger partial charge in [0.25, 0.3) is 0 Å². The second-order valence-electron chi connectivity index (χ2n) is 5.60. The highest BCUT2D eigenvalue weighted by molar-refractivity contribution is 5.68. The maximum absolute atomic E-state index is 5.80. The molecule has 1 aromatic heterocycles. The molecule has 1 saturated carbocycles. The Morgan fingerprint density at radius 1 is 1.10 bits per heavy atom. The van der Waals surface area contributed by atoms with E-state index in [0.717, 1.165) is 5.75 Å². The highest BCUT2D eigenvalue weighted by Crippen LogP contribution is 2.38. The second kappa shape index (κ2) is 5.74. The van der Waals surface area contributed by atoms with Crippen LogP contribution in [-0.2, 0) is 0 Å². The van der Waals surface area contributed by atoms with E-state index in [1.165, 1.54) is 42.6 Å². The topological polar surface area (TPSA) is 14.2 Å². The van der Waals surface area contributed by atoms with E-state index in [9.17, 15) is 0 Å². The molecule has 0 aliphatic heterocycles. The summed E-state index contributed by atoms with van der Waals surface area (Å²) < 4.78 is 8.32. The van der Waals surface area contributed by atoms with Gasteiger partial charge in [0.05, 0.1) is 12.3 Å². The van der Waals surface area contributed by atoms with E-state index in [0.29, 0.717) is 12.6 Å². The number of hydrogen-bond acceptors (Lipinski definition) is 1. The van der Waals surface area contributed by atoms with Crippen LogP contribution in [0, 0.1) is 6.92 Å². The molecule has 0 N–H and O–H groups in total. The van der Waals surface area contributed by atoms with Crippen LogP contribution in [0.25, 0.3) is 11.3 Å². The largest absolute Gasteiger partial charge is 0.493 e. The van der Waals surface area contributed by atoms with Crippen LogP contribution in [0.1, 0.15) is 44.3 Å². The molecule has 2 heteroatoms. The van der Waals surface area contributed by atoms with Gasteiger partial charge in [-0.1, -0.05) is 25.0 Å². The number of rotatable bonds is 4. The Morgan fingerprint density at radius 3 is 2.60 bits per heavy atom. The molecule has 106 valence electrons. The van der Waals surface area contributed by atoms with Crippen LogP contribution < -0.4 is 4.74 Å². The number of aromatic nitrogens is 1. The summed E-state index contributed by atoms with van der Waals surface area (Å²) in [5, 5.41) is 0. The van der Waals surface area contributed by atoms with E-state index in [1.807, 2.05) is 13.0 Å². The van der Waals surface area contributed by atoms with Gasteiger partial charge in [0, 0.05) is 17.3 Å². The fourth-order valence-corrected chi connectivity index (χ4v) is 3.38. The maximum atomic E-state index is 5.80. The number of para-hydroxylation sites is 1. The van der Waals surface area contributed by atoms with E-state index in [-0.39, 0.29) is 0 Å². The maximum Gasteiger partial charge on any atom is 0.128 e. The molecule has 1 aliphatic carbocycles. The van der Waals surface area contributed by atoms with Crippen molar-refractivity contribution in [3.8, 4) is 17.0 Å². The lowest BCUT2D eigenvalue weighted by Gasteiger charge is -2.20. The third kappa shape index (κ3) is 2.35. The summed E-state index contributed by atoms with van der Waals surface area (Å²) >= 11 is 0. The van der Waals surface area contributed by atoms with Gasteiger partial charge in [-0.05, 0) is 51.0 Å².